The van der Waals surface area contributed by atoms with E-state index in [1.807, 2.05) is 17.0 Å². The number of carboxylic acids is 1. The molecule has 174 valence electrons. The number of hydrogen-bond donors (Lipinski definition) is 1. The third-order valence-corrected chi connectivity index (χ3v) is 6.56. The molecule has 0 spiro atoms. The highest BCUT2D eigenvalue weighted by atomic mass is 19.1. The number of aliphatic carboxylic acids is 1. The van der Waals surface area contributed by atoms with Gasteiger partial charge in [-0.05, 0) is 61.4 Å². The van der Waals surface area contributed by atoms with Crippen LogP contribution in [-0.2, 0) is 35.5 Å². The van der Waals surface area contributed by atoms with Crippen molar-refractivity contribution in [1.29, 1.82) is 0 Å². The van der Waals surface area contributed by atoms with Crippen LogP contribution >= 0.6 is 0 Å². The lowest BCUT2D eigenvalue weighted by Gasteiger charge is -2.29. The van der Waals surface area contributed by atoms with E-state index in [1.54, 1.807) is 0 Å². The molecule has 2 aromatic carbocycles. The molecule has 0 saturated carbocycles. The second kappa shape index (κ2) is 10.6. The fraction of sp³-hybridized carbons (Fsp3) is 0.407. The molecule has 33 heavy (non-hydrogen) atoms. The number of para-hydroxylation sites is 1. The van der Waals surface area contributed by atoms with Gasteiger partial charge in [-0.25, -0.2) is 4.39 Å². The zero-order chi connectivity index (χ0) is 23.2. The molecular weight excluding hydrogens is 419 g/mol. The standard InChI is InChI=1S/C27H31FN2O3/c28-21-14-12-20(13-15-21)7-6-17-30-24-9-5-4-8-22(24)23-16-18-29(19-25(23)30)26(31)10-2-1-3-11-27(32)33/h4-5,8-9,12-15H,1-3,6-7,10-11,16-19H2,(H,32,33). The topological polar surface area (TPSA) is 62.5 Å². The number of carbonyl (C=O) groups excluding carboxylic acids is 1. The summed E-state index contributed by atoms with van der Waals surface area (Å²) in [7, 11) is 0. The van der Waals surface area contributed by atoms with Crippen LogP contribution in [0.5, 0.6) is 0 Å². The Bertz CT molecular complexity index is 1120. The Morgan fingerprint density at radius 3 is 2.48 bits per heavy atom. The Balaban J connectivity index is 1.43. The van der Waals surface area contributed by atoms with Crippen LogP contribution in [0, 0.1) is 5.82 Å². The zero-order valence-electron chi connectivity index (χ0n) is 18.9. The summed E-state index contributed by atoms with van der Waals surface area (Å²) in [6.07, 6.45) is 5.42. The van der Waals surface area contributed by atoms with Gasteiger partial charge in [0.25, 0.3) is 0 Å². The Kier molecular flexibility index (Phi) is 7.43. The summed E-state index contributed by atoms with van der Waals surface area (Å²) >= 11 is 0. The van der Waals surface area contributed by atoms with E-state index in [0.29, 0.717) is 19.4 Å². The van der Waals surface area contributed by atoms with E-state index >= 15 is 0 Å². The molecule has 2 heterocycles. The first-order chi connectivity index (χ1) is 16.0. The number of benzene rings is 2. The second-order valence-corrected chi connectivity index (χ2v) is 8.84. The van der Waals surface area contributed by atoms with Gasteiger partial charge in [0.05, 0.1) is 6.54 Å². The SMILES string of the molecule is O=C(O)CCCCCC(=O)N1CCc2c(n(CCCc3ccc(F)cc3)c3ccccc23)C1. The van der Waals surface area contributed by atoms with Crippen molar-refractivity contribution in [3.8, 4) is 0 Å². The molecule has 6 heteroatoms. The molecule has 1 aromatic heterocycles. The molecule has 1 N–H and O–H groups in total. The van der Waals surface area contributed by atoms with Crippen molar-refractivity contribution >= 4 is 22.8 Å². The quantitative estimate of drug-likeness (QED) is 0.425. The van der Waals surface area contributed by atoms with E-state index in [9.17, 15) is 14.0 Å². The van der Waals surface area contributed by atoms with Crippen molar-refractivity contribution in [2.45, 2.75) is 64.5 Å². The average Bonchev–Trinajstić information content (AvgIpc) is 3.13. The van der Waals surface area contributed by atoms with Crippen molar-refractivity contribution in [3.05, 3.63) is 71.2 Å². The summed E-state index contributed by atoms with van der Waals surface area (Å²) in [4.78, 5) is 25.4. The molecule has 0 aliphatic carbocycles. The first-order valence-electron chi connectivity index (χ1n) is 11.9. The fourth-order valence-corrected chi connectivity index (χ4v) is 4.84. The van der Waals surface area contributed by atoms with Crippen molar-refractivity contribution in [1.82, 2.24) is 9.47 Å². The summed E-state index contributed by atoms with van der Waals surface area (Å²) in [5.41, 5.74) is 4.91. The molecule has 1 aliphatic rings. The van der Waals surface area contributed by atoms with E-state index < -0.39 is 5.97 Å². The maximum atomic E-state index is 13.2. The molecule has 4 rings (SSSR count). The summed E-state index contributed by atoms with van der Waals surface area (Å²) in [5.74, 6) is -0.841. The van der Waals surface area contributed by atoms with Crippen molar-refractivity contribution in [3.63, 3.8) is 0 Å². The zero-order valence-corrected chi connectivity index (χ0v) is 18.9. The van der Waals surface area contributed by atoms with E-state index in [-0.39, 0.29) is 18.1 Å². The number of hydrogen-bond acceptors (Lipinski definition) is 2. The molecule has 5 nitrogen and oxygen atoms in total. The van der Waals surface area contributed by atoms with Crippen LogP contribution in [0.4, 0.5) is 4.39 Å². The third kappa shape index (κ3) is 5.62. The minimum absolute atomic E-state index is 0.152. The monoisotopic (exact) mass is 450 g/mol. The summed E-state index contributed by atoms with van der Waals surface area (Å²) in [5, 5.41) is 10.0. The molecule has 0 fully saturated rings. The van der Waals surface area contributed by atoms with Gasteiger partial charge in [0, 0.05) is 42.5 Å². The molecule has 1 aliphatic heterocycles. The molecule has 3 aromatic rings. The maximum absolute atomic E-state index is 13.2. The minimum atomic E-state index is -0.780. The van der Waals surface area contributed by atoms with Crippen LogP contribution in [0.3, 0.4) is 0 Å². The molecule has 0 bridgehead atoms. The van der Waals surface area contributed by atoms with Crippen molar-refractivity contribution in [2.24, 2.45) is 0 Å². The number of fused-ring (bicyclic) bond motifs is 3. The second-order valence-electron chi connectivity index (χ2n) is 8.84. The summed E-state index contributed by atoms with van der Waals surface area (Å²) in [6.45, 7) is 2.20. The van der Waals surface area contributed by atoms with E-state index in [0.717, 1.165) is 50.8 Å². The van der Waals surface area contributed by atoms with E-state index in [2.05, 4.69) is 28.8 Å². The van der Waals surface area contributed by atoms with Crippen LogP contribution < -0.4 is 0 Å². The Morgan fingerprint density at radius 1 is 0.939 bits per heavy atom. The Labute approximate surface area is 193 Å². The fourth-order valence-electron chi connectivity index (χ4n) is 4.84. The first kappa shape index (κ1) is 23.0. The molecule has 0 atom stereocenters. The van der Waals surface area contributed by atoms with Gasteiger partial charge in [0.2, 0.25) is 5.91 Å². The largest absolute Gasteiger partial charge is 0.481 e. The highest BCUT2D eigenvalue weighted by molar-refractivity contribution is 5.86. The summed E-state index contributed by atoms with van der Waals surface area (Å²) < 4.78 is 15.5. The lowest BCUT2D eigenvalue weighted by atomic mass is 10.0. The number of rotatable bonds is 10. The highest BCUT2D eigenvalue weighted by Gasteiger charge is 2.26. The number of halogens is 1. The summed E-state index contributed by atoms with van der Waals surface area (Å²) in [6, 6.07) is 15.2. The van der Waals surface area contributed by atoms with Gasteiger partial charge in [-0.2, -0.15) is 0 Å². The number of unbranched alkanes of at least 4 members (excludes halogenated alkanes) is 2. The van der Waals surface area contributed by atoms with Gasteiger partial charge >= 0.3 is 5.97 Å². The third-order valence-electron chi connectivity index (χ3n) is 6.56. The van der Waals surface area contributed by atoms with Crippen LogP contribution in [0.15, 0.2) is 48.5 Å². The number of aryl methyl sites for hydroxylation is 2. The Hall–Kier alpha value is -3.15. The molecular formula is C27H31FN2O3. The predicted octanol–water partition coefficient (Wildman–Crippen LogP) is 5.33. The maximum Gasteiger partial charge on any atom is 0.303 e. The van der Waals surface area contributed by atoms with Gasteiger partial charge in [-0.3, -0.25) is 9.59 Å². The van der Waals surface area contributed by atoms with Gasteiger partial charge in [0.1, 0.15) is 5.82 Å². The lowest BCUT2D eigenvalue weighted by Crippen LogP contribution is -2.36. The smallest absolute Gasteiger partial charge is 0.303 e. The van der Waals surface area contributed by atoms with Crippen LogP contribution in [-0.4, -0.2) is 33.0 Å². The minimum Gasteiger partial charge on any atom is -0.481 e. The number of aromatic nitrogens is 1. The van der Waals surface area contributed by atoms with E-state index in [4.69, 9.17) is 5.11 Å². The van der Waals surface area contributed by atoms with Crippen molar-refractivity contribution < 1.29 is 19.1 Å². The predicted molar refractivity (Wildman–Crippen MR) is 127 cm³/mol. The number of amides is 1. The molecule has 1 amide bonds. The highest BCUT2D eigenvalue weighted by Crippen LogP contribution is 2.31. The molecule has 0 unspecified atom stereocenters. The van der Waals surface area contributed by atoms with Gasteiger partial charge in [0.15, 0.2) is 0 Å². The number of carboxylic acid groups (broad SMARTS) is 1. The number of carbonyl (C=O) groups is 2. The van der Waals surface area contributed by atoms with Gasteiger partial charge < -0.3 is 14.6 Å². The Morgan fingerprint density at radius 2 is 1.70 bits per heavy atom. The number of nitrogens with zero attached hydrogens (tertiary/aromatic N) is 2. The lowest BCUT2D eigenvalue weighted by molar-refractivity contribution is -0.137. The molecule has 0 saturated heterocycles. The van der Waals surface area contributed by atoms with Crippen LogP contribution in [0.2, 0.25) is 0 Å². The average molecular weight is 451 g/mol. The molecule has 0 radical (unpaired) electrons. The van der Waals surface area contributed by atoms with Gasteiger partial charge in [-0.1, -0.05) is 36.8 Å². The normalized spacial score (nSPS) is 13.3. The van der Waals surface area contributed by atoms with Crippen LogP contribution in [0.25, 0.3) is 10.9 Å². The van der Waals surface area contributed by atoms with Crippen molar-refractivity contribution in [2.75, 3.05) is 6.54 Å². The first-order valence-corrected chi connectivity index (χ1v) is 11.9. The van der Waals surface area contributed by atoms with Crippen LogP contribution in [0.1, 0.15) is 55.3 Å². The van der Waals surface area contributed by atoms with Gasteiger partial charge in [-0.15, -0.1) is 0 Å². The van der Waals surface area contributed by atoms with E-state index in [1.165, 1.54) is 34.3 Å².